The number of aromatic nitrogens is 5. The van der Waals surface area contributed by atoms with Crippen molar-refractivity contribution < 1.29 is 24.1 Å². The number of hydrogen-bond acceptors (Lipinski definition) is 3. The molecule has 0 unspecified atom stereocenters. The van der Waals surface area contributed by atoms with Crippen molar-refractivity contribution in [3.63, 3.8) is 0 Å². The molecule has 0 radical (unpaired) electrons. The second kappa shape index (κ2) is 10.1. The first-order valence-corrected chi connectivity index (χ1v) is 14.6. The van der Waals surface area contributed by atoms with Gasteiger partial charge < -0.3 is 0 Å². The predicted octanol–water partition coefficient (Wildman–Crippen LogP) is 7.78. The van der Waals surface area contributed by atoms with Gasteiger partial charge in [-0.05, 0) is 12.1 Å². The molecule has 0 bridgehead atoms. The summed E-state index contributed by atoms with van der Waals surface area (Å²) in [6.07, 6.45) is 3.58. The monoisotopic (exact) mass is 722 g/mol. The van der Waals surface area contributed by atoms with E-state index in [2.05, 4.69) is 117 Å². The molecule has 4 aromatic carbocycles. The van der Waals surface area contributed by atoms with Gasteiger partial charge in [0.2, 0.25) is 0 Å². The molecule has 0 fully saturated rings. The molecule has 4 aromatic heterocycles. The molecule has 42 heavy (non-hydrogen) atoms. The molecule has 4 heterocycles. The Labute approximate surface area is 252 Å². The van der Waals surface area contributed by atoms with Crippen LogP contribution in [0.2, 0.25) is 0 Å². The molecule has 8 aromatic rings. The fourth-order valence-corrected chi connectivity index (χ4v) is 6.54. The van der Waals surface area contributed by atoms with E-state index in [4.69, 9.17) is 4.74 Å². The van der Waals surface area contributed by atoms with E-state index in [1.165, 1.54) is 0 Å². The summed E-state index contributed by atoms with van der Waals surface area (Å²) in [6, 6.07) is 45.6. The van der Waals surface area contributed by atoms with Crippen molar-refractivity contribution >= 4 is 33.0 Å². The molecular weight excluding hydrogens is 701 g/mol. The van der Waals surface area contributed by atoms with Crippen LogP contribution < -0.4 is 4.74 Å². The molecule has 0 aliphatic carbocycles. The molecular formula is C35H21N5OPt-2. The average Bonchev–Trinajstić information content (AvgIpc) is 3.53. The van der Waals surface area contributed by atoms with Gasteiger partial charge in [0.25, 0.3) is 0 Å². The topological polar surface area (TPSA) is 49.8 Å². The number of para-hydroxylation sites is 3. The zero-order valence-corrected chi connectivity index (χ0v) is 24.4. The van der Waals surface area contributed by atoms with Crippen molar-refractivity contribution in [2.24, 2.45) is 0 Å². The van der Waals surface area contributed by atoms with Crippen LogP contribution >= 0.6 is 0 Å². The minimum absolute atomic E-state index is 0.586. The van der Waals surface area contributed by atoms with E-state index in [9.17, 15) is 0 Å². The summed E-state index contributed by atoms with van der Waals surface area (Å²) >= 11 is 2.39. The first kappa shape index (κ1) is 24.7. The first-order valence-electron chi connectivity index (χ1n) is 13.4. The van der Waals surface area contributed by atoms with Gasteiger partial charge in [0.15, 0.2) is 0 Å². The summed E-state index contributed by atoms with van der Waals surface area (Å²) in [5.74, 6) is 1.96. The van der Waals surface area contributed by atoms with Crippen molar-refractivity contribution in [2.75, 3.05) is 0 Å². The van der Waals surface area contributed by atoms with Gasteiger partial charge in [-0.2, -0.15) is 0 Å². The summed E-state index contributed by atoms with van der Waals surface area (Å²) in [7, 11) is 0. The van der Waals surface area contributed by atoms with Crippen LogP contribution in [-0.4, -0.2) is 23.7 Å². The summed E-state index contributed by atoms with van der Waals surface area (Å²) in [5, 5.41) is 2.07. The van der Waals surface area contributed by atoms with E-state index in [1.54, 1.807) is 12.4 Å². The van der Waals surface area contributed by atoms with Crippen molar-refractivity contribution in [2.45, 2.75) is 0 Å². The average molecular weight is 723 g/mol. The number of fused-ring (bicyclic) bond motifs is 4. The van der Waals surface area contributed by atoms with E-state index in [0.717, 1.165) is 54.0 Å². The van der Waals surface area contributed by atoms with Crippen LogP contribution in [0.5, 0.6) is 11.5 Å². The van der Waals surface area contributed by atoms with Gasteiger partial charge >= 0.3 is 222 Å². The molecule has 0 saturated heterocycles. The Kier molecular flexibility index (Phi) is 5.94. The number of nitrogens with zero attached hydrogens (tertiary/aromatic N) is 5. The quantitative estimate of drug-likeness (QED) is 0.171. The third kappa shape index (κ3) is 4.03. The molecule has 0 aliphatic rings. The Bertz CT molecular complexity index is 2300. The van der Waals surface area contributed by atoms with Crippen molar-refractivity contribution in [3.8, 4) is 28.7 Å². The summed E-state index contributed by atoms with van der Waals surface area (Å²) in [4.78, 5) is 9.25. The van der Waals surface area contributed by atoms with E-state index in [0.29, 0.717) is 11.5 Å². The van der Waals surface area contributed by atoms with Crippen LogP contribution in [0.15, 0.2) is 128 Å². The standard InChI is InChI=1S/C35H21N5O.Pt/c1-2-10-25(11-3-1)38-24-39(32-16-5-4-15-31(32)38)26-12-8-13-27(22-26)41-28-18-19-29-30-14-9-21-37-35(30)40(33(29)23-28)34-17-6-7-20-36-34;/h1-21H;/q-2;. The van der Waals surface area contributed by atoms with Crippen LogP contribution in [0.1, 0.15) is 0 Å². The molecule has 0 N–H and O–H groups in total. The van der Waals surface area contributed by atoms with Gasteiger partial charge in [0.1, 0.15) is 0 Å². The first-order chi connectivity index (χ1) is 20.8. The molecule has 7 heteroatoms. The second-order valence-corrected chi connectivity index (χ2v) is 10.7. The summed E-state index contributed by atoms with van der Waals surface area (Å²) in [5.41, 5.74) is 5.87. The Hall–Kier alpha value is -5.06. The number of imidazole rings is 1. The summed E-state index contributed by atoms with van der Waals surface area (Å²) in [6.45, 7) is 0. The predicted molar refractivity (Wildman–Crippen MR) is 160 cm³/mol. The Morgan fingerprint density at radius 1 is 0.571 bits per heavy atom. The number of pyridine rings is 2. The van der Waals surface area contributed by atoms with Crippen LogP contribution in [0.4, 0.5) is 0 Å². The molecule has 6 nitrogen and oxygen atoms in total. The van der Waals surface area contributed by atoms with Gasteiger partial charge in [-0.3, -0.25) is 0 Å². The van der Waals surface area contributed by atoms with E-state index in [-0.39, 0.29) is 0 Å². The molecule has 8 rings (SSSR count). The Morgan fingerprint density at radius 2 is 1.33 bits per heavy atom. The van der Waals surface area contributed by atoms with E-state index < -0.39 is 0 Å². The van der Waals surface area contributed by atoms with Crippen molar-refractivity contribution in [3.05, 3.63) is 144 Å². The van der Waals surface area contributed by atoms with Crippen LogP contribution in [0.3, 0.4) is 0 Å². The SMILES string of the molecule is [Pt]=[c]1n(-c2[c-]c(Oc3[c-]c4c(cc3)c3cccnc3n4-c3ccccn3)ccc2)c2ccccc2n1-c1ccccc1. The maximum absolute atomic E-state index is 6.39. The van der Waals surface area contributed by atoms with Gasteiger partial charge in [-0.15, -0.1) is 0 Å². The normalized spacial score (nSPS) is 11.5. The van der Waals surface area contributed by atoms with Crippen LogP contribution in [-0.2, 0) is 19.4 Å². The van der Waals surface area contributed by atoms with Crippen LogP contribution in [0.25, 0.3) is 50.2 Å². The van der Waals surface area contributed by atoms with E-state index >= 15 is 0 Å². The second-order valence-electron chi connectivity index (χ2n) is 9.72. The number of ether oxygens (including phenoxy) is 1. The van der Waals surface area contributed by atoms with Gasteiger partial charge in [0, 0.05) is 12.4 Å². The Balaban J connectivity index is 1.24. The molecule has 0 atom stereocenters. The molecule has 0 amide bonds. The van der Waals surface area contributed by atoms with Gasteiger partial charge in [0.05, 0.1) is 0 Å². The zero-order chi connectivity index (χ0) is 28.0. The minimum atomic E-state index is 0.586. The van der Waals surface area contributed by atoms with Gasteiger partial charge in [-0.25, -0.2) is 0 Å². The third-order valence-corrected chi connectivity index (χ3v) is 8.24. The van der Waals surface area contributed by atoms with Crippen LogP contribution in [0, 0.1) is 15.9 Å². The summed E-state index contributed by atoms with van der Waals surface area (Å²) < 4.78 is 13.9. The van der Waals surface area contributed by atoms with Crippen molar-refractivity contribution in [1.82, 2.24) is 23.7 Å². The number of benzene rings is 4. The van der Waals surface area contributed by atoms with Gasteiger partial charge in [-0.1, -0.05) is 6.07 Å². The molecule has 0 saturated carbocycles. The fraction of sp³-hybridized carbons (Fsp3) is 0. The fourth-order valence-electron chi connectivity index (χ4n) is 5.42. The third-order valence-electron chi connectivity index (χ3n) is 7.22. The Morgan fingerprint density at radius 3 is 2.17 bits per heavy atom. The number of rotatable bonds is 5. The zero-order valence-electron chi connectivity index (χ0n) is 22.1. The number of hydrogen-bond donors (Lipinski definition) is 0. The maximum atomic E-state index is 6.39. The molecule has 0 spiro atoms. The van der Waals surface area contributed by atoms with Crippen molar-refractivity contribution in [1.29, 1.82) is 0 Å². The molecule has 204 valence electrons. The molecule has 0 aliphatic heterocycles. The van der Waals surface area contributed by atoms with E-state index in [1.807, 2.05) is 53.1 Å².